The fraction of sp³-hybridized carbons (Fsp3) is 0.385. The van der Waals surface area contributed by atoms with Gasteiger partial charge in [-0.2, -0.15) is 0 Å². The van der Waals surface area contributed by atoms with Crippen molar-refractivity contribution in [1.29, 1.82) is 0 Å². The summed E-state index contributed by atoms with van der Waals surface area (Å²) in [6.07, 6.45) is 0. The summed E-state index contributed by atoms with van der Waals surface area (Å²) in [6, 6.07) is 3.95. The molecule has 0 heterocycles. The van der Waals surface area contributed by atoms with Gasteiger partial charge in [0.25, 0.3) is 11.6 Å². The Bertz CT molecular complexity index is 596. The molecule has 114 valence electrons. The molecular formula is C13H16N2O6. The van der Waals surface area contributed by atoms with Crippen LogP contribution in [0.1, 0.15) is 24.2 Å². The van der Waals surface area contributed by atoms with Crippen molar-refractivity contribution in [3.05, 3.63) is 33.9 Å². The van der Waals surface area contributed by atoms with Gasteiger partial charge in [0.05, 0.1) is 12.0 Å². The van der Waals surface area contributed by atoms with Gasteiger partial charge in [0.2, 0.25) is 0 Å². The van der Waals surface area contributed by atoms with E-state index in [2.05, 4.69) is 0 Å². The van der Waals surface area contributed by atoms with E-state index in [1.807, 2.05) is 0 Å². The highest BCUT2D eigenvalue weighted by Gasteiger charge is 2.38. The molecule has 0 atom stereocenters. The second kappa shape index (κ2) is 5.78. The zero-order chi connectivity index (χ0) is 16.4. The van der Waals surface area contributed by atoms with Crippen LogP contribution in [0, 0.1) is 10.1 Å². The van der Waals surface area contributed by atoms with Crippen LogP contribution in [0.4, 0.5) is 5.69 Å². The summed E-state index contributed by atoms with van der Waals surface area (Å²) in [5.41, 5.74) is -2.24. The van der Waals surface area contributed by atoms with E-state index in [9.17, 15) is 19.7 Å². The first-order chi connectivity index (χ1) is 9.64. The smallest absolute Gasteiger partial charge is 0.329 e. The lowest BCUT2D eigenvalue weighted by Crippen LogP contribution is -2.50. The molecule has 0 spiro atoms. The number of methoxy groups -OCH3 is 1. The molecule has 0 bridgehead atoms. The molecular weight excluding hydrogens is 280 g/mol. The van der Waals surface area contributed by atoms with Gasteiger partial charge in [0.1, 0.15) is 11.3 Å². The zero-order valence-corrected chi connectivity index (χ0v) is 12.1. The minimum Gasteiger partial charge on any atom is -0.496 e. The minimum absolute atomic E-state index is 0.0160. The highest BCUT2D eigenvalue weighted by molar-refractivity contribution is 6.03. The Hall–Kier alpha value is -2.64. The second-order valence-corrected chi connectivity index (χ2v) is 4.84. The average Bonchev–Trinajstić information content (AvgIpc) is 2.44. The van der Waals surface area contributed by atoms with Gasteiger partial charge in [-0.1, -0.05) is 6.07 Å². The highest BCUT2D eigenvalue weighted by Crippen LogP contribution is 2.31. The summed E-state index contributed by atoms with van der Waals surface area (Å²) < 4.78 is 4.98. The standard InChI is InChI=1S/C13H16N2O6/c1-13(2,12(17)18)14(3)11(16)10-8(15(19)20)6-5-7-9(10)21-4/h5-7H,1-4H3,(H,17,18). The molecule has 0 aliphatic carbocycles. The van der Waals surface area contributed by atoms with Crippen LogP contribution >= 0.6 is 0 Å². The Labute approximate surface area is 121 Å². The number of aliphatic carboxylic acids is 1. The number of nitro benzene ring substituents is 1. The molecule has 0 aliphatic rings. The molecule has 0 saturated carbocycles. The summed E-state index contributed by atoms with van der Waals surface area (Å²) in [4.78, 5) is 35.0. The topological polar surface area (TPSA) is 110 Å². The first kappa shape index (κ1) is 16.4. The van der Waals surface area contributed by atoms with Crippen LogP contribution in [0.15, 0.2) is 18.2 Å². The molecule has 1 N–H and O–H groups in total. The van der Waals surface area contributed by atoms with Gasteiger partial charge < -0.3 is 14.7 Å². The van der Waals surface area contributed by atoms with Gasteiger partial charge in [-0.05, 0) is 19.9 Å². The van der Waals surface area contributed by atoms with Crippen LogP contribution in [-0.4, -0.2) is 46.5 Å². The quantitative estimate of drug-likeness (QED) is 0.651. The number of nitrogens with zero attached hydrogens (tertiary/aromatic N) is 2. The molecule has 0 unspecified atom stereocenters. The molecule has 1 rings (SSSR count). The minimum atomic E-state index is -1.52. The number of ether oxygens (including phenoxy) is 1. The highest BCUT2D eigenvalue weighted by atomic mass is 16.6. The number of likely N-dealkylation sites (N-methyl/N-ethyl adjacent to an activating group) is 1. The van der Waals surface area contributed by atoms with Crippen LogP contribution in [0.25, 0.3) is 0 Å². The van der Waals surface area contributed by atoms with Gasteiger partial charge in [-0.3, -0.25) is 14.9 Å². The van der Waals surface area contributed by atoms with Crippen molar-refractivity contribution in [2.45, 2.75) is 19.4 Å². The van der Waals surface area contributed by atoms with Gasteiger partial charge in [0, 0.05) is 13.1 Å². The van der Waals surface area contributed by atoms with E-state index in [4.69, 9.17) is 9.84 Å². The SMILES string of the molecule is COc1cccc([N+](=O)[O-])c1C(=O)N(C)C(C)(C)C(=O)O. The maximum Gasteiger partial charge on any atom is 0.329 e. The number of carboxylic acids is 1. The van der Waals surface area contributed by atoms with Crippen molar-refractivity contribution < 1.29 is 24.4 Å². The lowest BCUT2D eigenvalue weighted by molar-refractivity contribution is -0.385. The molecule has 0 aliphatic heterocycles. The van der Waals surface area contributed by atoms with Crippen molar-refractivity contribution in [1.82, 2.24) is 4.90 Å². The number of benzene rings is 1. The molecule has 0 radical (unpaired) electrons. The Morgan fingerprint density at radius 2 is 1.95 bits per heavy atom. The van der Waals surface area contributed by atoms with Gasteiger partial charge in [-0.25, -0.2) is 4.79 Å². The normalized spacial score (nSPS) is 10.9. The predicted molar refractivity (Wildman–Crippen MR) is 73.5 cm³/mol. The second-order valence-electron chi connectivity index (χ2n) is 4.84. The third-order valence-electron chi connectivity index (χ3n) is 3.30. The molecule has 8 nitrogen and oxygen atoms in total. The van der Waals surface area contributed by atoms with E-state index >= 15 is 0 Å². The number of carboxylic acid groups (broad SMARTS) is 1. The maximum absolute atomic E-state index is 12.5. The lowest BCUT2D eigenvalue weighted by atomic mass is 10.0. The number of rotatable bonds is 5. The number of carbonyl (C=O) groups is 2. The van der Waals surface area contributed by atoms with Gasteiger partial charge >= 0.3 is 5.97 Å². The molecule has 1 amide bonds. The van der Waals surface area contributed by atoms with Gasteiger partial charge in [0.15, 0.2) is 5.56 Å². The molecule has 0 fully saturated rings. The van der Waals surface area contributed by atoms with Crippen molar-refractivity contribution in [3.63, 3.8) is 0 Å². The fourth-order valence-electron chi connectivity index (χ4n) is 1.62. The monoisotopic (exact) mass is 296 g/mol. The van der Waals surface area contributed by atoms with Crippen LogP contribution in [0.2, 0.25) is 0 Å². The molecule has 21 heavy (non-hydrogen) atoms. The van der Waals surface area contributed by atoms with Crippen molar-refractivity contribution in [2.24, 2.45) is 0 Å². The van der Waals surface area contributed by atoms with Crippen molar-refractivity contribution in [3.8, 4) is 5.75 Å². The van der Waals surface area contributed by atoms with Crippen LogP contribution in [0.5, 0.6) is 5.75 Å². The summed E-state index contributed by atoms with van der Waals surface area (Å²) in [7, 11) is 2.55. The van der Waals surface area contributed by atoms with E-state index in [-0.39, 0.29) is 11.3 Å². The first-order valence-corrected chi connectivity index (χ1v) is 5.97. The van der Waals surface area contributed by atoms with Crippen LogP contribution in [0.3, 0.4) is 0 Å². The Morgan fingerprint density at radius 1 is 1.38 bits per heavy atom. The fourth-order valence-corrected chi connectivity index (χ4v) is 1.62. The average molecular weight is 296 g/mol. The summed E-state index contributed by atoms with van der Waals surface area (Å²) in [6.45, 7) is 2.66. The third kappa shape index (κ3) is 2.93. The van der Waals surface area contributed by atoms with E-state index in [0.717, 1.165) is 11.0 Å². The van der Waals surface area contributed by atoms with E-state index < -0.39 is 28.0 Å². The lowest BCUT2D eigenvalue weighted by Gasteiger charge is -2.31. The number of nitro groups is 1. The summed E-state index contributed by atoms with van der Waals surface area (Å²) >= 11 is 0. The van der Waals surface area contributed by atoms with Crippen molar-refractivity contribution >= 4 is 17.6 Å². The number of hydrogen-bond donors (Lipinski definition) is 1. The molecule has 0 saturated heterocycles. The molecule has 0 aromatic heterocycles. The van der Waals surface area contributed by atoms with Gasteiger partial charge in [-0.15, -0.1) is 0 Å². The van der Waals surface area contributed by atoms with Crippen LogP contribution in [-0.2, 0) is 4.79 Å². The van der Waals surface area contributed by atoms with Crippen molar-refractivity contribution in [2.75, 3.05) is 14.2 Å². The maximum atomic E-state index is 12.5. The molecule has 8 heteroatoms. The largest absolute Gasteiger partial charge is 0.496 e. The Kier molecular flexibility index (Phi) is 4.52. The van der Waals surface area contributed by atoms with E-state index in [0.29, 0.717) is 0 Å². The Morgan fingerprint density at radius 3 is 2.38 bits per heavy atom. The number of carbonyl (C=O) groups excluding carboxylic acids is 1. The third-order valence-corrected chi connectivity index (χ3v) is 3.30. The Balaban J connectivity index is 3.42. The molecule has 1 aromatic rings. The van der Waals surface area contributed by atoms with Crippen LogP contribution < -0.4 is 4.74 Å². The van der Waals surface area contributed by atoms with E-state index in [1.165, 1.54) is 40.1 Å². The molecule has 1 aromatic carbocycles. The summed E-state index contributed by atoms with van der Waals surface area (Å²) in [5, 5.41) is 20.2. The van der Waals surface area contributed by atoms with E-state index in [1.54, 1.807) is 0 Å². The number of hydrogen-bond acceptors (Lipinski definition) is 5. The predicted octanol–water partition coefficient (Wildman–Crippen LogP) is 1.54. The number of amides is 1. The summed E-state index contributed by atoms with van der Waals surface area (Å²) in [5.74, 6) is -2.01. The first-order valence-electron chi connectivity index (χ1n) is 5.97. The zero-order valence-electron chi connectivity index (χ0n) is 12.1.